The molecule has 0 aliphatic heterocycles. The largest absolute Gasteiger partial charge is 0.488 e. The fourth-order valence-corrected chi connectivity index (χ4v) is 2.31. The van der Waals surface area contributed by atoms with Gasteiger partial charge < -0.3 is 20.5 Å². The van der Waals surface area contributed by atoms with E-state index in [1.807, 2.05) is 18.2 Å². The fourth-order valence-electron chi connectivity index (χ4n) is 2.31. The van der Waals surface area contributed by atoms with Crippen LogP contribution in [-0.4, -0.2) is 29.8 Å². The van der Waals surface area contributed by atoms with Gasteiger partial charge in [-0.15, -0.1) is 0 Å². The Bertz CT molecular complexity index is 498. The van der Waals surface area contributed by atoms with Crippen molar-refractivity contribution in [2.75, 3.05) is 11.9 Å². The number of amides is 2. The molecular weight excluding hydrogens is 272 g/mol. The molecule has 1 aliphatic carbocycles. The molecule has 1 fully saturated rings. The first-order valence-corrected chi connectivity index (χ1v) is 7.17. The Balaban J connectivity index is 1.89. The maximum atomic E-state index is 11.7. The number of benzene rings is 1. The quantitative estimate of drug-likeness (QED) is 0.752. The number of carbonyl (C=O) groups excluding carboxylic acids is 1. The van der Waals surface area contributed by atoms with Gasteiger partial charge in [-0.25, -0.2) is 4.79 Å². The lowest BCUT2D eigenvalue weighted by Gasteiger charge is -2.17. The highest BCUT2D eigenvalue weighted by molar-refractivity contribution is 5.91. The van der Waals surface area contributed by atoms with Gasteiger partial charge in [0, 0.05) is 6.54 Å². The van der Waals surface area contributed by atoms with Gasteiger partial charge in [-0.2, -0.15) is 0 Å². The van der Waals surface area contributed by atoms with Crippen molar-refractivity contribution in [2.24, 2.45) is 0 Å². The summed E-state index contributed by atoms with van der Waals surface area (Å²) in [6, 6.07) is 6.83. The summed E-state index contributed by atoms with van der Waals surface area (Å²) in [6.45, 7) is 0.0901. The van der Waals surface area contributed by atoms with E-state index in [2.05, 4.69) is 10.6 Å². The summed E-state index contributed by atoms with van der Waals surface area (Å²) in [6.07, 6.45) is 4.54. The van der Waals surface area contributed by atoms with Crippen molar-refractivity contribution in [1.29, 1.82) is 0 Å². The summed E-state index contributed by atoms with van der Waals surface area (Å²) in [4.78, 5) is 22.1. The molecule has 2 rings (SSSR count). The van der Waals surface area contributed by atoms with Crippen LogP contribution in [0.2, 0.25) is 0 Å². The molecule has 0 spiro atoms. The second-order valence-electron chi connectivity index (χ2n) is 5.05. The second kappa shape index (κ2) is 7.52. The average molecular weight is 292 g/mol. The monoisotopic (exact) mass is 292 g/mol. The molecule has 1 aliphatic rings. The van der Waals surface area contributed by atoms with Gasteiger partial charge in [0.25, 0.3) is 0 Å². The number of ether oxygens (including phenoxy) is 1. The normalized spacial score (nSPS) is 14.7. The molecule has 0 saturated heterocycles. The molecule has 114 valence electrons. The van der Waals surface area contributed by atoms with Crippen LogP contribution >= 0.6 is 0 Å². The minimum absolute atomic E-state index is 0.0901. The van der Waals surface area contributed by atoms with Crippen LogP contribution in [0.3, 0.4) is 0 Å². The van der Waals surface area contributed by atoms with E-state index in [-0.39, 0.29) is 19.1 Å². The highest BCUT2D eigenvalue weighted by Gasteiger charge is 2.18. The number of rotatable bonds is 6. The van der Waals surface area contributed by atoms with Crippen molar-refractivity contribution >= 4 is 17.7 Å². The van der Waals surface area contributed by atoms with E-state index >= 15 is 0 Å². The van der Waals surface area contributed by atoms with Gasteiger partial charge in [-0.1, -0.05) is 12.1 Å². The van der Waals surface area contributed by atoms with Gasteiger partial charge in [0.05, 0.1) is 18.2 Å². The SMILES string of the molecule is O=C(O)CCNC(=O)Nc1ccccc1OC1CCCC1. The minimum atomic E-state index is -0.944. The van der Waals surface area contributed by atoms with E-state index in [1.54, 1.807) is 6.07 Å². The molecule has 6 heteroatoms. The fraction of sp³-hybridized carbons (Fsp3) is 0.467. The van der Waals surface area contributed by atoms with E-state index in [4.69, 9.17) is 9.84 Å². The minimum Gasteiger partial charge on any atom is -0.488 e. The van der Waals surface area contributed by atoms with Crippen molar-refractivity contribution in [3.8, 4) is 5.75 Å². The molecule has 1 saturated carbocycles. The Morgan fingerprint density at radius 2 is 1.95 bits per heavy atom. The average Bonchev–Trinajstić information content (AvgIpc) is 2.93. The van der Waals surface area contributed by atoms with Crippen LogP contribution in [0.5, 0.6) is 5.75 Å². The molecule has 0 atom stereocenters. The number of hydrogen-bond acceptors (Lipinski definition) is 3. The number of carbonyl (C=O) groups is 2. The Hall–Kier alpha value is -2.24. The Kier molecular flexibility index (Phi) is 5.43. The van der Waals surface area contributed by atoms with E-state index in [0.29, 0.717) is 11.4 Å². The van der Waals surface area contributed by atoms with Crippen molar-refractivity contribution in [2.45, 2.75) is 38.2 Å². The van der Waals surface area contributed by atoms with Gasteiger partial charge in [0.1, 0.15) is 5.75 Å². The van der Waals surface area contributed by atoms with Gasteiger partial charge in [0.2, 0.25) is 0 Å². The van der Waals surface area contributed by atoms with Gasteiger partial charge in [-0.05, 0) is 37.8 Å². The van der Waals surface area contributed by atoms with Crippen molar-refractivity contribution in [3.05, 3.63) is 24.3 Å². The van der Waals surface area contributed by atoms with Gasteiger partial charge in [-0.3, -0.25) is 4.79 Å². The number of hydrogen-bond donors (Lipinski definition) is 3. The van der Waals surface area contributed by atoms with Crippen LogP contribution < -0.4 is 15.4 Å². The number of nitrogens with one attached hydrogen (secondary N) is 2. The Morgan fingerprint density at radius 1 is 1.24 bits per heavy atom. The highest BCUT2D eigenvalue weighted by atomic mass is 16.5. The second-order valence-corrected chi connectivity index (χ2v) is 5.05. The zero-order valence-corrected chi connectivity index (χ0v) is 11.8. The van der Waals surface area contributed by atoms with Crippen LogP contribution in [0.15, 0.2) is 24.3 Å². The Labute approximate surface area is 123 Å². The van der Waals surface area contributed by atoms with Crippen LogP contribution in [-0.2, 0) is 4.79 Å². The van der Waals surface area contributed by atoms with Gasteiger partial charge in [0.15, 0.2) is 0 Å². The van der Waals surface area contributed by atoms with Gasteiger partial charge >= 0.3 is 12.0 Å². The third-order valence-corrected chi connectivity index (χ3v) is 3.36. The molecule has 0 radical (unpaired) electrons. The van der Waals surface area contributed by atoms with Crippen LogP contribution in [0.1, 0.15) is 32.1 Å². The lowest BCUT2D eigenvalue weighted by Crippen LogP contribution is -2.30. The summed E-state index contributed by atoms with van der Waals surface area (Å²) < 4.78 is 5.91. The topological polar surface area (TPSA) is 87.7 Å². The molecule has 0 aromatic heterocycles. The van der Waals surface area contributed by atoms with E-state index in [1.165, 1.54) is 12.8 Å². The first-order valence-electron chi connectivity index (χ1n) is 7.17. The van der Waals surface area contributed by atoms with Crippen LogP contribution in [0.25, 0.3) is 0 Å². The summed E-state index contributed by atoms with van der Waals surface area (Å²) in [5.41, 5.74) is 0.595. The number of aliphatic carboxylic acids is 1. The number of carboxylic acid groups (broad SMARTS) is 1. The number of urea groups is 1. The highest BCUT2D eigenvalue weighted by Crippen LogP contribution is 2.29. The Morgan fingerprint density at radius 3 is 2.67 bits per heavy atom. The maximum Gasteiger partial charge on any atom is 0.319 e. The lowest BCUT2D eigenvalue weighted by molar-refractivity contribution is -0.136. The smallest absolute Gasteiger partial charge is 0.319 e. The lowest BCUT2D eigenvalue weighted by atomic mass is 10.2. The zero-order valence-electron chi connectivity index (χ0n) is 11.8. The standard InChI is InChI=1S/C15H20N2O4/c18-14(19)9-10-16-15(20)17-12-7-3-4-8-13(12)21-11-5-1-2-6-11/h3-4,7-8,11H,1-2,5-6,9-10H2,(H,18,19)(H2,16,17,20). The zero-order chi connectivity index (χ0) is 15.1. The third kappa shape index (κ3) is 4.98. The predicted molar refractivity (Wildman–Crippen MR) is 78.6 cm³/mol. The molecule has 0 heterocycles. The number of para-hydroxylation sites is 2. The van der Waals surface area contributed by atoms with Crippen LogP contribution in [0, 0.1) is 0 Å². The first-order chi connectivity index (χ1) is 10.1. The van der Waals surface area contributed by atoms with Crippen molar-refractivity contribution in [1.82, 2.24) is 5.32 Å². The van der Waals surface area contributed by atoms with E-state index in [0.717, 1.165) is 12.8 Å². The summed E-state index contributed by atoms with van der Waals surface area (Å²) in [7, 11) is 0. The summed E-state index contributed by atoms with van der Waals surface area (Å²) >= 11 is 0. The number of anilines is 1. The molecule has 21 heavy (non-hydrogen) atoms. The molecule has 0 bridgehead atoms. The van der Waals surface area contributed by atoms with E-state index < -0.39 is 12.0 Å². The van der Waals surface area contributed by atoms with Crippen molar-refractivity contribution < 1.29 is 19.4 Å². The molecule has 1 aromatic rings. The molecule has 2 amide bonds. The summed E-state index contributed by atoms with van der Waals surface area (Å²) in [5, 5.41) is 13.7. The third-order valence-electron chi connectivity index (χ3n) is 3.36. The predicted octanol–water partition coefficient (Wildman–Crippen LogP) is 2.60. The molecule has 6 nitrogen and oxygen atoms in total. The van der Waals surface area contributed by atoms with E-state index in [9.17, 15) is 9.59 Å². The molecular formula is C15H20N2O4. The molecule has 0 unspecified atom stereocenters. The van der Waals surface area contributed by atoms with Crippen molar-refractivity contribution in [3.63, 3.8) is 0 Å². The first kappa shape index (κ1) is 15.2. The maximum absolute atomic E-state index is 11.7. The molecule has 1 aromatic carbocycles. The van der Waals surface area contributed by atoms with Crippen LogP contribution in [0.4, 0.5) is 10.5 Å². The number of carboxylic acids is 1. The molecule has 3 N–H and O–H groups in total. The summed E-state index contributed by atoms with van der Waals surface area (Å²) in [5.74, 6) is -0.293.